The maximum absolute atomic E-state index is 13.3. The van der Waals surface area contributed by atoms with Gasteiger partial charge in [0.1, 0.15) is 11.3 Å². The zero-order chi connectivity index (χ0) is 24.0. The zero-order valence-electron chi connectivity index (χ0n) is 19.5. The summed E-state index contributed by atoms with van der Waals surface area (Å²) < 4.78 is 7.66. The van der Waals surface area contributed by atoms with Crippen LogP contribution in [0.2, 0.25) is 0 Å². The van der Waals surface area contributed by atoms with E-state index in [-0.39, 0.29) is 6.61 Å². The van der Waals surface area contributed by atoms with Crippen molar-refractivity contribution in [1.29, 1.82) is 0 Å². The quantitative estimate of drug-likeness (QED) is 0.284. The van der Waals surface area contributed by atoms with Crippen molar-refractivity contribution in [1.82, 2.24) is 14.8 Å². The van der Waals surface area contributed by atoms with E-state index in [1.165, 1.54) is 5.39 Å². The second-order valence-electron chi connectivity index (χ2n) is 8.09. The van der Waals surface area contributed by atoms with Crippen LogP contribution >= 0.6 is 0 Å². The van der Waals surface area contributed by atoms with E-state index >= 15 is 0 Å². The summed E-state index contributed by atoms with van der Waals surface area (Å²) in [5, 5.41) is 13.6. The Kier molecular flexibility index (Phi) is 6.52. The monoisotopic (exact) mass is 462 g/mol. The van der Waals surface area contributed by atoms with Crippen molar-refractivity contribution in [2.45, 2.75) is 13.5 Å². The molecule has 1 N–H and O–H groups in total. The molecule has 0 unspecified atom stereocenters. The number of rotatable bonds is 8. The summed E-state index contributed by atoms with van der Waals surface area (Å²) in [5.74, 6) is -0.00852. The Morgan fingerprint density at radius 2 is 1.54 bits per heavy atom. The summed E-state index contributed by atoms with van der Waals surface area (Å²) in [6.07, 6.45) is 2.07. The molecule has 0 saturated carbocycles. The van der Waals surface area contributed by atoms with Crippen molar-refractivity contribution in [2.24, 2.45) is 0 Å². The number of hydrogen-bond donors (Lipinski definition) is 1. The van der Waals surface area contributed by atoms with E-state index in [1.807, 2.05) is 72.8 Å². The summed E-state index contributed by atoms with van der Waals surface area (Å²) in [6, 6.07) is 29.9. The summed E-state index contributed by atoms with van der Waals surface area (Å²) >= 11 is 0. The first kappa shape index (κ1) is 22.3. The number of benzene rings is 3. The average Bonchev–Trinajstić information content (AvgIpc) is 3.32. The number of nitrogens with zero attached hydrogens (tertiary/aromatic N) is 3. The Morgan fingerprint density at radius 3 is 2.29 bits per heavy atom. The number of fused-ring (bicyclic) bond motifs is 1. The molecular formula is C29H26N4O2. The molecule has 0 fully saturated rings. The SMILES string of the molecule is CCOC(=O)c1c(NCCn2ccc3ccccc32)nnc(-c2ccccc2)c1-c1ccccc1. The van der Waals surface area contributed by atoms with Gasteiger partial charge in [0, 0.05) is 35.9 Å². The average molecular weight is 463 g/mol. The molecular weight excluding hydrogens is 436 g/mol. The van der Waals surface area contributed by atoms with E-state index in [0.717, 1.165) is 16.6 Å². The molecule has 174 valence electrons. The highest BCUT2D eigenvalue weighted by Gasteiger charge is 2.25. The van der Waals surface area contributed by atoms with Gasteiger partial charge in [-0.2, -0.15) is 0 Å². The fourth-order valence-corrected chi connectivity index (χ4v) is 4.28. The number of carbonyl (C=O) groups excluding carboxylic acids is 1. The lowest BCUT2D eigenvalue weighted by molar-refractivity contribution is 0.0528. The predicted molar refractivity (Wildman–Crippen MR) is 139 cm³/mol. The topological polar surface area (TPSA) is 69.0 Å². The van der Waals surface area contributed by atoms with Crippen molar-refractivity contribution < 1.29 is 9.53 Å². The number of nitrogens with one attached hydrogen (secondary N) is 1. The standard InChI is InChI=1S/C29H26N4O2/c1-2-35-29(34)26-25(22-12-5-3-6-13-22)27(23-14-7-4-8-15-23)31-32-28(26)30-18-20-33-19-17-21-11-9-10-16-24(21)33/h3-17,19H,2,18,20H2,1H3,(H,30,32). The van der Waals surface area contributed by atoms with Crippen LogP contribution < -0.4 is 5.32 Å². The van der Waals surface area contributed by atoms with E-state index in [4.69, 9.17) is 4.74 Å². The molecule has 35 heavy (non-hydrogen) atoms. The molecule has 0 saturated heterocycles. The van der Waals surface area contributed by atoms with E-state index in [1.54, 1.807) is 6.92 Å². The van der Waals surface area contributed by atoms with Crippen LogP contribution in [0.15, 0.2) is 97.2 Å². The number of para-hydroxylation sites is 1. The predicted octanol–water partition coefficient (Wildman–Crippen LogP) is 6.05. The molecule has 0 radical (unpaired) electrons. The fourth-order valence-electron chi connectivity index (χ4n) is 4.28. The van der Waals surface area contributed by atoms with Gasteiger partial charge in [0.05, 0.1) is 6.61 Å². The van der Waals surface area contributed by atoms with Crippen molar-refractivity contribution in [3.63, 3.8) is 0 Å². The molecule has 0 aliphatic carbocycles. The highest BCUT2D eigenvalue weighted by Crippen LogP contribution is 2.36. The van der Waals surface area contributed by atoms with Crippen molar-refractivity contribution in [3.05, 3.63) is 103 Å². The van der Waals surface area contributed by atoms with Crippen molar-refractivity contribution >= 4 is 22.7 Å². The molecule has 0 amide bonds. The van der Waals surface area contributed by atoms with Gasteiger partial charge >= 0.3 is 5.97 Å². The Bertz CT molecular complexity index is 1450. The second-order valence-corrected chi connectivity index (χ2v) is 8.09. The van der Waals surface area contributed by atoms with Gasteiger partial charge in [0.2, 0.25) is 0 Å². The number of aromatic nitrogens is 3. The zero-order valence-corrected chi connectivity index (χ0v) is 19.5. The fraction of sp³-hybridized carbons (Fsp3) is 0.138. The van der Waals surface area contributed by atoms with Gasteiger partial charge in [-0.05, 0) is 30.0 Å². The van der Waals surface area contributed by atoms with Gasteiger partial charge < -0.3 is 14.6 Å². The highest BCUT2D eigenvalue weighted by atomic mass is 16.5. The molecule has 0 aliphatic heterocycles. The van der Waals surface area contributed by atoms with Gasteiger partial charge in [0.15, 0.2) is 5.82 Å². The van der Waals surface area contributed by atoms with E-state index in [9.17, 15) is 4.79 Å². The van der Waals surface area contributed by atoms with Gasteiger partial charge in [0.25, 0.3) is 0 Å². The molecule has 0 atom stereocenters. The summed E-state index contributed by atoms with van der Waals surface area (Å²) in [5.41, 5.74) is 4.67. The molecule has 6 heteroatoms. The molecule has 0 aliphatic rings. The Labute approximate surface area is 204 Å². The summed E-state index contributed by atoms with van der Waals surface area (Å²) in [7, 11) is 0. The van der Waals surface area contributed by atoms with E-state index < -0.39 is 5.97 Å². The molecule has 5 aromatic rings. The first-order valence-corrected chi connectivity index (χ1v) is 11.7. The highest BCUT2D eigenvalue weighted by molar-refractivity contribution is 6.05. The van der Waals surface area contributed by atoms with Crippen LogP contribution in [0.1, 0.15) is 17.3 Å². The van der Waals surface area contributed by atoms with E-state index in [0.29, 0.717) is 35.7 Å². The van der Waals surface area contributed by atoms with Crippen LogP contribution in [-0.2, 0) is 11.3 Å². The summed E-state index contributed by atoms with van der Waals surface area (Å²) in [4.78, 5) is 13.3. The molecule has 0 spiro atoms. The molecule has 5 rings (SSSR count). The Hall–Kier alpha value is -4.45. The number of esters is 1. The van der Waals surface area contributed by atoms with Gasteiger partial charge in [-0.25, -0.2) is 4.79 Å². The van der Waals surface area contributed by atoms with Crippen LogP contribution in [0, 0.1) is 0 Å². The van der Waals surface area contributed by atoms with Gasteiger partial charge in [-0.1, -0.05) is 78.9 Å². The normalized spacial score (nSPS) is 10.9. The Morgan fingerprint density at radius 1 is 0.857 bits per heavy atom. The first-order chi connectivity index (χ1) is 17.3. The molecule has 3 aromatic carbocycles. The van der Waals surface area contributed by atoms with Crippen molar-refractivity contribution in [2.75, 3.05) is 18.5 Å². The lowest BCUT2D eigenvalue weighted by atomic mass is 9.95. The molecule has 0 bridgehead atoms. The second kappa shape index (κ2) is 10.2. The van der Waals surface area contributed by atoms with Crippen molar-refractivity contribution in [3.8, 4) is 22.4 Å². The molecule has 2 heterocycles. The van der Waals surface area contributed by atoms with Crippen LogP contribution in [0.5, 0.6) is 0 Å². The number of anilines is 1. The molecule has 6 nitrogen and oxygen atoms in total. The van der Waals surface area contributed by atoms with Crippen LogP contribution in [0.4, 0.5) is 5.82 Å². The third-order valence-electron chi connectivity index (χ3n) is 5.89. The van der Waals surface area contributed by atoms with E-state index in [2.05, 4.69) is 44.5 Å². The van der Waals surface area contributed by atoms with Crippen LogP contribution in [0.25, 0.3) is 33.3 Å². The Balaban J connectivity index is 1.56. The maximum Gasteiger partial charge on any atom is 0.342 e. The maximum atomic E-state index is 13.3. The van der Waals surface area contributed by atoms with Gasteiger partial charge in [-0.15, -0.1) is 10.2 Å². The lowest BCUT2D eigenvalue weighted by Gasteiger charge is -2.17. The summed E-state index contributed by atoms with van der Waals surface area (Å²) in [6.45, 7) is 3.35. The largest absolute Gasteiger partial charge is 0.462 e. The van der Waals surface area contributed by atoms with Gasteiger partial charge in [-0.3, -0.25) is 0 Å². The van der Waals surface area contributed by atoms with Crippen LogP contribution in [-0.4, -0.2) is 33.9 Å². The number of hydrogen-bond acceptors (Lipinski definition) is 5. The smallest absolute Gasteiger partial charge is 0.342 e. The minimum Gasteiger partial charge on any atom is -0.462 e. The number of ether oxygens (including phenoxy) is 1. The van der Waals surface area contributed by atoms with Crippen LogP contribution in [0.3, 0.4) is 0 Å². The third-order valence-corrected chi connectivity index (χ3v) is 5.89. The lowest BCUT2D eigenvalue weighted by Crippen LogP contribution is -2.17. The first-order valence-electron chi connectivity index (χ1n) is 11.7. The minimum absolute atomic E-state index is 0.269. The third kappa shape index (κ3) is 4.64. The number of carbonyl (C=O) groups is 1. The minimum atomic E-state index is -0.424. The molecule has 2 aromatic heterocycles.